The second-order valence-corrected chi connectivity index (χ2v) is 8.80. The fraction of sp³-hybridized carbons (Fsp3) is 0.0909. The molecule has 0 spiro atoms. The van der Waals surface area contributed by atoms with Crippen LogP contribution in [0.15, 0.2) is 121 Å². The summed E-state index contributed by atoms with van der Waals surface area (Å²) in [7, 11) is -1.59. The molecule has 0 bridgehead atoms. The molecule has 1 saturated carbocycles. The number of hydrogen-bond acceptors (Lipinski definition) is 3. The Kier molecular flexibility index (Phi) is 19.6. The van der Waals surface area contributed by atoms with Crippen LogP contribution in [0.2, 0.25) is 0 Å². The maximum absolute atomic E-state index is 7.50. The Hall–Kier alpha value is -3.29. The van der Waals surface area contributed by atoms with Crippen LogP contribution >= 0.6 is 8.60 Å². The van der Waals surface area contributed by atoms with Crippen molar-refractivity contribution >= 4 is 8.60 Å². The zero-order valence-electron chi connectivity index (χ0n) is 21.7. The summed E-state index contributed by atoms with van der Waals surface area (Å²) in [4.78, 5) is 0. The van der Waals surface area contributed by atoms with Crippen molar-refractivity contribution in [2.75, 3.05) is 0 Å². The van der Waals surface area contributed by atoms with Crippen LogP contribution in [0, 0.1) is 39.0 Å². The first-order chi connectivity index (χ1) is 19.4. The molecular weight excluding hydrogens is 563 g/mol. The molecule has 1 atom stereocenters. The van der Waals surface area contributed by atoms with Gasteiger partial charge in [0.2, 0.25) is 0 Å². The Labute approximate surface area is 249 Å². The summed E-state index contributed by atoms with van der Waals surface area (Å²) in [5.74, 6) is 2.64. The van der Waals surface area contributed by atoms with Gasteiger partial charge in [0.15, 0.2) is 0 Å². The molecule has 0 amide bonds. The number of benzene rings is 4. The van der Waals surface area contributed by atoms with E-state index in [4.69, 9.17) is 22.9 Å². The molecule has 4 aromatic carbocycles. The van der Waals surface area contributed by atoms with Gasteiger partial charge in [-0.25, -0.2) is 0 Å². The summed E-state index contributed by atoms with van der Waals surface area (Å²) >= 11 is 0. The first-order valence-corrected chi connectivity index (χ1v) is 13.2. The Morgan fingerprint density at radius 1 is 0.600 bits per heavy atom. The summed E-state index contributed by atoms with van der Waals surface area (Å²) in [6.07, 6.45) is 11.4. The first kappa shape index (κ1) is 34.7. The van der Waals surface area contributed by atoms with Crippen molar-refractivity contribution in [2.24, 2.45) is 0 Å². The third-order valence-electron chi connectivity index (χ3n) is 5.16. The third kappa shape index (κ3) is 13.7. The van der Waals surface area contributed by atoms with Gasteiger partial charge >= 0.3 is 48.3 Å². The van der Waals surface area contributed by atoms with Gasteiger partial charge in [0.25, 0.3) is 0 Å². The van der Waals surface area contributed by atoms with Crippen LogP contribution in [-0.2, 0) is 26.4 Å². The first-order valence-electron chi connectivity index (χ1n) is 12.1. The van der Waals surface area contributed by atoms with Crippen molar-refractivity contribution in [3.05, 3.63) is 166 Å². The van der Waals surface area contributed by atoms with E-state index >= 15 is 0 Å². The zero-order valence-corrected chi connectivity index (χ0v) is 23.7. The molecule has 1 aliphatic rings. The quantitative estimate of drug-likeness (QED) is 0.0709. The average molecular weight is 592 g/mol. The Balaban J connectivity index is 0.000000381. The Morgan fingerprint density at radius 3 is 1.38 bits per heavy atom. The van der Waals surface area contributed by atoms with E-state index in [-0.39, 0.29) is 17.1 Å². The molecule has 40 heavy (non-hydrogen) atoms. The van der Waals surface area contributed by atoms with Gasteiger partial charge in [-0.05, 0) is 49.2 Å². The summed E-state index contributed by atoms with van der Waals surface area (Å²) in [5, 5.41) is 0. The zero-order chi connectivity index (χ0) is 28.0. The molecule has 5 nitrogen and oxygen atoms in total. The van der Waals surface area contributed by atoms with E-state index in [0.29, 0.717) is 23.2 Å². The van der Waals surface area contributed by atoms with Crippen LogP contribution in [0.5, 0.6) is 17.2 Å². The largest absolute Gasteiger partial charge is 2.00 e. The molecule has 0 heterocycles. The van der Waals surface area contributed by atoms with E-state index in [2.05, 4.69) is 69.3 Å². The molecule has 0 N–H and O–H groups in total. The van der Waals surface area contributed by atoms with Gasteiger partial charge in [-0.3, -0.25) is 0 Å². The van der Waals surface area contributed by atoms with Crippen LogP contribution in [0.1, 0.15) is 24.3 Å². The van der Waals surface area contributed by atoms with Gasteiger partial charge in [0, 0.05) is 0 Å². The van der Waals surface area contributed by atoms with Crippen molar-refractivity contribution in [3.63, 3.8) is 0 Å². The molecule has 1 aliphatic carbocycles. The fourth-order valence-electron chi connectivity index (χ4n) is 3.43. The Morgan fingerprint density at radius 2 is 0.975 bits per heavy atom. The maximum Gasteiger partial charge on any atom is 2.00 e. The molecule has 1 fully saturated rings. The van der Waals surface area contributed by atoms with Gasteiger partial charge in [0.05, 0.1) is 0 Å². The predicted octanol–water partition coefficient (Wildman–Crippen LogP) is 8.75. The molecule has 1 unspecified atom stereocenters. The van der Waals surface area contributed by atoms with E-state index in [0.717, 1.165) is 0 Å². The van der Waals surface area contributed by atoms with Crippen molar-refractivity contribution in [1.29, 1.82) is 0 Å². The molecule has 5 rings (SSSR count). The Bertz CT molecular complexity index is 1060. The molecule has 0 aliphatic heterocycles. The summed E-state index contributed by atoms with van der Waals surface area (Å²) in [6, 6.07) is 39.2. The van der Waals surface area contributed by atoms with Crippen molar-refractivity contribution in [2.45, 2.75) is 18.8 Å². The fourth-order valence-corrected chi connectivity index (χ4v) is 4.42. The molecular formula is C33H29FeO5P+. The predicted molar refractivity (Wildman–Crippen MR) is 152 cm³/mol. The van der Waals surface area contributed by atoms with Gasteiger partial charge in [-0.15, -0.1) is 5.92 Å². The van der Waals surface area contributed by atoms with Gasteiger partial charge < -0.3 is 20.0 Å². The van der Waals surface area contributed by atoms with E-state index in [1.54, 1.807) is 0 Å². The monoisotopic (exact) mass is 592 g/mol. The molecule has 4 aromatic rings. The molecule has 0 aromatic heterocycles. The van der Waals surface area contributed by atoms with E-state index in [9.17, 15) is 0 Å². The third-order valence-corrected chi connectivity index (χ3v) is 6.24. The van der Waals surface area contributed by atoms with E-state index < -0.39 is 8.60 Å². The molecule has 0 saturated heterocycles. The second kappa shape index (κ2) is 22.5. The maximum atomic E-state index is 7.50. The van der Waals surface area contributed by atoms with Crippen LogP contribution in [-0.4, -0.2) is 0 Å². The van der Waals surface area contributed by atoms with E-state index in [1.165, 1.54) is 18.4 Å². The molecule has 3 radical (unpaired) electrons. The van der Waals surface area contributed by atoms with Crippen molar-refractivity contribution in [3.8, 4) is 17.2 Å². The SMILES string of the molecule is [C-]#[O+].[C-]#[O+].[CH]1[CH]CC[CH-]C(c2ccccc2)[CH]1.[Fe+2].c1ccc(OP(Oc2ccccc2)Oc2ccccc2)cc1. The summed E-state index contributed by atoms with van der Waals surface area (Å²) < 4.78 is 32.5. The smallest absolute Gasteiger partial charge is 0.409 e. The second-order valence-electron chi connectivity index (χ2n) is 7.81. The minimum atomic E-state index is -1.59. The minimum Gasteiger partial charge on any atom is -0.409 e. The normalized spacial score (nSPS) is 13.5. The minimum absolute atomic E-state index is 0. The van der Waals surface area contributed by atoms with Gasteiger partial charge in [0.1, 0.15) is 17.2 Å². The number of para-hydroxylation sites is 3. The van der Waals surface area contributed by atoms with Gasteiger partial charge in [-0.2, -0.15) is 6.42 Å². The van der Waals surface area contributed by atoms with Crippen molar-refractivity contribution in [1.82, 2.24) is 0 Å². The summed E-state index contributed by atoms with van der Waals surface area (Å²) in [5.41, 5.74) is 1.40. The van der Waals surface area contributed by atoms with Gasteiger partial charge in [-0.1, -0.05) is 103 Å². The average Bonchev–Trinajstić information content (AvgIpc) is 3.32. The van der Waals surface area contributed by atoms with Crippen LogP contribution in [0.4, 0.5) is 0 Å². The van der Waals surface area contributed by atoms with Crippen LogP contribution in [0.3, 0.4) is 0 Å². The van der Waals surface area contributed by atoms with Crippen LogP contribution in [0.25, 0.3) is 0 Å². The van der Waals surface area contributed by atoms with E-state index in [1.807, 2.05) is 91.0 Å². The number of rotatable bonds is 7. The number of hydrogen-bond donors (Lipinski definition) is 0. The van der Waals surface area contributed by atoms with Crippen molar-refractivity contribution < 1.29 is 39.9 Å². The topological polar surface area (TPSA) is 67.5 Å². The molecule has 203 valence electrons. The van der Waals surface area contributed by atoms with Crippen LogP contribution < -0.4 is 13.6 Å². The molecule has 7 heteroatoms. The standard InChI is InChI=1S/C18H15O3P.C13H14.2CO.Fe/c1-4-10-16(11-5-1)19-22(20-17-12-6-2-7-13-17)21-18-14-8-3-9-15-18;1-2-5-9-12(8-4-1)13-10-6-3-7-11-13;2*1-2;/h1-15H;1,3-4,6-12H,2,5H2;;;/q;-1;;;+2. The summed E-state index contributed by atoms with van der Waals surface area (Å²) in [6.45, 7) is 9.00.